The van der Waals surface area contributed by atoms with Crippen molar-refractivity contribution in [3.8, 4) is 11.3 Å². The first kappa shape index (κ1) is 16.7. The van der Waals surface area contributed by atoms with Crippen molar-refractivity contribution in [1.82, 2.24) is 9.78 Å². The average molecular weight is 331 g/mol. The zero-order valence-electron chi connectivity index (χ0n) is 14.1. The molecule has 0 aliphatic heterocycles. The highest BCUT2D eigenvalue weighted by molar-refractivity contribution is 5.85. The van der Waals surface area contributed by atoms with Crippen LogP contribution in [0.4, 0.5) is 0 Å². The van der Waals surface area contributed by atoms with Crippen molar-refractivity contribution in [2.24, 2.45) is 0 Å². The van der Waals surface area contributed by atoms with Crippen LogP contribution in [0.3, 0.4) is 0 Å². The van der Waals surface area contributed by atoms with Crippen LogP contribution >= 0.6 is 0 Å². The summed E-state index contributed by atoms with van der Waals surface area (Å²) in [5, 5.41) is 15.4. The van der Waals surface area contributed by atoms with Crippen LogP contribution in [0, 0.1) is 0 Å². The lowest BCUT2D eigenvalue weighted by atomic mass is 10.0. The Morgan fingerprint density at radius 1 is 1.08 bits per heavy atom. The standard InChI is InChI=1S/C21H20N2O2/c1-2-16-8-10-18(11-9-16)21-19(12-13-20(24)25)15-23(22-21)14-17-6-4-3-5-7-17/h3-13,15H,2,14H2,1H3,(H,24,25)/p-1/b13-12+. The van der Waals surface area contributed by atoms with E-state index < -0.39 is 5.97 Å². The molecule has 0 bridgehead atoms. The highest BCUT2D eigenvalue weighted by atomic mass is 16.4. The SMILES string of the molecule is CCc1ccc(-c2nn(Cc3ccccc3)cc2/C=C/C(=O)[O-])cc1. The van der Waals surface area contributed by atoms with E-state index in [1.165, 1.54) is 11.6 Å². The van der Waals surface area contributed by atoms with Crippen molar-refractivity contribution in [3.63, 3.8) is 0 Å². The van der Waals surface area contributed by atoms with Gasteiger partial charge in [-0.1, -0.05) is 61.5 Å². The topological polar surface area (TPSA) is 58.0 Å². The lowest BCUT2D eigenvalue weighted by Crippen LogP contribution is -2.18. The molecule has 126 valence electrons. The largest absolute Gasteiger partial charge is 0.545 e. The third kappa shape index (κ3) is 4.23. The molecule has 0 aliphatic rings. The Bertz CT molecular complexity index is 878. The lowest BCUT2D eigenvalue weighted by Gasteiger charge is -2.02. The number of nitrogens with zero attached hydrogens (tertiary/aromatic N) is 2. The fourth-order valence-electron chi connectivity index (χ4n) is 2.69. The van der Waals surface area contributed by atoms with Crippen LogP contribution in [0.15, 0.2) is 66.9 Å². The van der Waals surface area contributed by atoms with Gasteiger partial charge in [0, 0.05) is 17.3 Å². The number of carboxylic acids is 1. The van der Waals surface area contributed by atoms with Gasteiger partial charge in [-0.05, 0) is 29.7 Å². The fraction of sp³-hybridized carbons (Fsp3) is 0.143. The van der Waals surface area contributed by atoms with Gasteiger partial charge in [0.2, 0.25) is 0 Å². The van der Waals surface area contributed by atoms with Gasteiger partial charge >= 0.3 is 0 Å². The van der Waals surface area contributed by atoms with Crippen molar-refractivity contribution in [3.05, 3.63) is 83.6 Å². The number of aromatic nitrogens is 2. The first-order chi connectivity index (χ1) is 12.2. The first-order valence-corrected chi connectivity index (χ1v) is 8.25. The molecule has 0 fully saturated rings. The summed E-state index contributed by atoms with van der Waals surface area (Å²) in [6.45, 7) is 2.73. The third-order valence-corrected chi connectivity index (χ3v) is 4.01. The van der Waals surface area contributed by atoms with Gasteiger partial charge in [0.05, 0.1) is 18.2 Å². The van der Waals surface area contributed by atoms with Crippen LogP contribution in [-0.4, -0.2) is 15.7 Å². The zero-order chi connectivity index (χ0) is 17.6. The van der Waals surface area contributed by atoms with Crippen molar-refractivity contribution in [2.75, 3.05) is 0 Å². The Hall–Kier alpha value is -3.14. The summed E-state index contributed by atoms with van der Waals surface area (Å²) >= 11 is 0. The Balaban J connectivity index is 1.97. The van der Waals surface area contributed by atoms with Gasteiger partial charge in [0.25, 0.3) is 0 Å². The van der Waals surface area contributed by atoms with Gasteiger partial charge in [-0.15, -0.1) is 0 Å². The van der Waals surface area contributed by atoms with E-state index in [-0.39, 0.29) is 0 Å². The lowest BCUT2D eigenvalue weighted by molar-refractivity contribution is -0.297. The molecule has 1 heterocycles. The number of carboxylic acid groups (broad SMARTS) is 1. The van der Waals surface area contributed by atoms with E-state index in [0.717, 1.165) is 34.9 Å². The van der Waals surface area contributed by atoms with Crippen molar-refractivity contribution in [2.45, 2.75) is 19.9 Å². The highest BCUT2D eigenvalue weighted by Crippen LogP contribution is 2.24. The molecule has 0 N–H and O–H groups in total. The molecule has 2 aromatic carbocycles. The smallest absolute Gasteiger partial charge is 0.0995 e. The van der Waals surface area contributed by atoms with Crippen molar-refractivity contribution >= 4 is 12.0 Å². The summed E-state index contributed by atoms with van der Waals surface area (Å²) < 4.78 is 1.83. The number of rotatable bonds is 6. The van der Waals surface area contributed by atoms with E-state index in [1.54, 1.807) is 0 Å². The van der Waals surface area contributed by atoms with Gasteiger partial charge in [0.15, 0.2) is 0 Å². The zero-order valence-corrected chi connectivity index (χ0v) is 14.1. The van der Waals surface area contributed by atoms with E-state index >= 15 is 0 Å². The number of aliphatic carboxylic acids is 1. The predicted molar refractivity (Wildman–Crippen MR) is 96.6 cm³/mol. The number of carbonyl (C=O) groups excluding carboxylic acids is 1. The molecular weight excluding hydrogens is 312 g/mol. The Morgan fingerprint density at radius 3 is 2.44 bits per heavy atom. The van der Waals surface area contributed by atoms with Gasteiger partial charge in [0.1, 0.15) is 0 Å². The molecule has 0 saturated carbocycles. The number of hydrogen-bond acceptors (Lipinski definition) is 3. The molecule has 0 unspecified atom stereocenters. The second kappa shape index (κ2) is 7.62. The van der Waals surface area contributed by atoms with Crippen LogP contribution in [0.5, 0.6) is 0 Å². The third-order valence-electron chi connectivity index (χ3n) is 4.01. The maximum absolute atomic E-state index is 10.8. The van der Waals surface area contributed by atoms with Gasteiger partial charge in [-0.25, -0.2) is 0 Å². The normalized spacial score (nSPS) is 11.1. The summed E-state index contributed by atoms with van der Waals surface area (Å²) in [6, 6.07) is 18.2. The molecule has 25 heavy (non-hydrogen) atoms. The van der Waals surface area contributed by atoms with Crippen LogP contribution in [-0.2, 0) is 17.8 Å². The maximum atomic E-state index is 10.8. The van der Waals surface area contributed by atoms with E-state index in [0.29, 0.717) is 6.54 Å². The molecule has 1 aromatic heterocycles. The number of carbonyl (C=O) groups is 1. The maximum Gasteiger partial charge on any atom is 0.0995 e. The van der Waals surface area contributed by atoms with E-state index in [1.807, 2.05) is 53.3 Å². The van der Waals surface area contributed by atoms with Crippen LogP contribution < -0.4 is 5.11 Å². The second-order valence-corrected chi connectivity index (χ2v) is 5.82. The molecule has 0 saturated heterocycles. The predicted octanol–water partition coefficient (Wildman–Crippen LogP) is 2.92. The summed E-state index contributed by atoms with van der Waals surface area (Å²) in [7, 11) is 0. The molecule has 3 rings (SSSR count). The van der Waals surface area contributed by atoms with Crippen LogP contribution in [0.1, 0.15) is 23.6 Å². The van der Waals surface area contributed by atoms with Gasteiger partial charge in [-0.2, -0.15) is 5.10 Å². The summed E-state index contributed by atoms with van der Waals surface area (Å²) in [5.41, 5.74) is 4.86. The molecule has 0 spiro atoms. The fourth-order valence-corrected chi connectivity index (χ4v) is 2.69. The molecular formula is C21H19N2O2-. The minimum Gasteiger partial charge on any atom is -0.545 e. The van der Waals surface area contributed by atoms with Crippen LogP contribution in [0.2, 0.25) is 0 Å². The molecule has 3 aromatic rings. The van der Waals surface area contributed by atoms with E-state index in [4.69, 9.17) is 0 Å². The quantitative estimate of drug-likeness (QED) is 0.653. The van der Waals surface area contributed by atoms with Gasteiger partial charge in [-0.3, -0.25) is 4.68 Å². The summed E-state index contributed by atoms with van der Waals surface area (Å²) in [4.78, 5) is 10.8. The average Bonchev–Trinajstić information content (AvgIpc) is 3.03. The summed E-state index contributed by atoms with van der Waals surface area (Å²) in [6.07, 6.45) is 5.40. The van der Waals surface area contributed by atoms with Gasteiger partial charge < -0.3 is 9.90 Å². The Morgan fingerprint density at radius 2 is 1.80 bits per heavy atom. The molecule has 0 aliphatic carbocycles. The number of hydrogen-bond donors (Lipinski definition) is 0. The molecule has 4 heteroatoms. The first-order valence-electron chi connectivity index (χ1n) is 8.25. The van der Waals surface area contributed by atoms with Crippen molar-refractivity contribution < 1.29 is 9.90 Å². The molecule has 0 atom stereocenters. The Labute approximate surface area is 147 Å². The van der Waals surface area contributed by atoms with E-state index in [2.05, 4.69) is 24.2 Å². The minimum absolute atomic E-state index is 0.625. The van der Waals surface area contributed by atoms with Crippen molar-refractivity contribution in [1.29, 1.82) is 0 Å². The molecule has 0 amide bonds. The van der Waals surface area contributed by atoms with E-state index in [9.17, 15) is 9.90 Å². The second-order valence-electron chi connectivity index (χ2n) is 5.82. The molecule has 4 nitrogen and oxygen atoms in total. The molecule has 0 radical (unpaired) electrons. The number of aryl methyl sites for hydroxylation is 1. The Kier molecular flexibility index (Phi) is 5.09. The summed E-state index contributed by atoms with van der Waals surface area (Å²) in [5.74, 6) is -1.22. The monoisotopic (exact) mass is 331 g/mol. The van der Waals surface area contributed by atoms with Crippen LogP contribution in [0.25, 0.3) is 17.3 Å². The number of benzene rings is 2. The minimum atomic E-state index is -1.22. The highest BCUT2D eigenvalue weighted by Gasteiger charge is 2.10.